The SMILES string of the molecule is CCNC(CS(=O)(=O)C(C)C(C)C)c1ccccc1C. The highest BCUT2D eigenvalue weighted by molar-refractivity contribution is 7.92. The van der Waals surface area contributed by atoms with E-state index in [9.17, 15) is 8.42 Å². The van der Waals surface area contributed by atoms with Gasteiger partial charge in [0, 0.05) is 6.04 Å². The molecule has 0 aliphatic carbocycles. The third kappa shape index (κ3) is 4.32. The monoisotopic (exact) mass is 297 g/mol. The molecule has 0 saturated carbocycles. The summed E-state index contributed by atoms with van der Waals surface area (Å²) in [5, 5.41) is 3.00. The average molecular weight is 297 g/mol. The van der Waals surface area contributed by atoms with Gasteiger partial charge >= 0.3 is 0 Å². The fraction of sp³-hybridized carbons (Fsp3) is 0.625. The molecule has 0 fully saturated rings. The maximum absolute atomic E-state index is 12.5. The van der Waals surface area contributed by atoms with E-state index in [1.165, 1.54) is 0 Å². The number of aryl methyl sites for hydroxylation is 1. The van der Waals surface area contributed by atoms with E-state index in [-0.39, 0.29) is 23.0 Å². The Hall–Kier alpha value is -0.870. The van der Waals surface area contributed by atoms with Crippen molar-refractivity contribution in [3.05, 3.63) is 35.4 Å². The Morgan fingerprint density at radius 2 is 1.75 bits per heavy atom. The molecule has 20 heavy (non-hydrogen) atoms. The van der Waals surface area contributed by atoms with Gasteiger partial charge in [0.1, 0.15) is 0 Å². The van der Waals surface area contributed by atoms with E-state index in [4.69, 9.17) is 0 Å². The van der Waals surface area contributed by atoms with Crippen LogP contribution in [0.2, 0.25) is 0 Å². The van der Waals surface area contributed by atoms with E-state index in [0.717, 1.165) is 17.7 Å². The van der Waals surface area contributed by atoms with Crippen molar-refractivity contribution in [2.45, 2.75) is 45.9 Å². The summed E-state index contributed by atoms with van der Waals surface area (Å²) in [6, 6.07) is 7.85. The van der Waals surface area contributed by atoms with Crippen LogP contribution >= 0.6 is 0 Å². The van der Waals surface area contributed by atoms with E-state index >= 15 is 0 Å². The van der Waals surface area contributed by atoms with Crippen LogP contribution in [0.3, 0.4) is 0 Å². The van der Waals surface area contributed by atoms with Gasteiger partial charge in [-0.15, -0.1) is 0 Å². The Kier molecular flexibility index (Phi) is 6.21. The molecule has 0 aliphatic heterocycles. The molecule has 114 valence electrons. The van der Waals surface area contributed by atoms with Crippen LogP contribution in [0.15, 0.2) is 24.3 Å². The summed E-state index contributed by atoms with van der Waals surface area (Å²) >= 11 is 0. The van der Waals surface area contributed by atoms with E-state index < -0.39 is 9.84 Å². The number of hydrogen-bond donors (Lipinski definition) is 1. The van der Waals surface area contributed by atoms with E-state index in [1.54, 1.807) is 6.92 Å². The fourth-order valence-electron chi connectivity index (χ4n) is 2.28. The van der Waals surface area contributed by atoms with E-state index in [0.29, 0.717) is 0 Å². The topological polar surface area (TPSA) is 46.2 Å². The molecule has 0 bridgehead atoms. The van der Waals surface area contributed by atoms with Crippen molar-refractivity contribution in [1.29, 1.82) is 0 Å². The Morgan fingerprint density at radius 3 is 2.25 bits per heavy atom. The van der Waals surface area contributed by atoms with Crippen LogP contribution in [0, 0.1) is 12.8 Å². The lowest BCUT2D eigenvalue weighted by Crippen LogP contribution is -2.34. The van der Waals surface area contributed by atoms with Crippen molar-refractivity contribution in [1.82, 2.24) is 5.32 Å². The lowest BCUT2D eigenvalue weighted by Gasteiger charge is -2.24. The van der Waals surface area contributed by atoms with Crippen LogP contribution in [-0.4, -0.2) is 26.0 Å². The minimum absolute atomic E-state index is 0.132. The zero-order chi connectivity index (χ0) is 15.3. The first-order chi connectivity index (χ1) is 9.29. The molecule has 0 radical (unpaired) electrons. The quantitative estimate of drug-likeness (QED) is 0.841. The summed E-state index contributed by atoms with van der Waals surface area (Å²) < 4.78 is 25.0. The van der Waals surface area contributed by atoms with Gasteiger partial charge in [0.25, 0.3) is 0 Å². The minimum Gasteiger partial charge on any atom is -0.309 e. The second-order valence-corrected chi connectivity index (χ2v) is 8.15. The van der Waals surface area contributed by atoms with Crippen LogP contribution in [0.1, 0.15) is 44.9 Å². The van der Waals surface area contributed by atoms with Gasteiger partial charge in [-0.2, -0.15) is 0 Å². The minimum atomic E-state index is -3.11. The van der Waals surface area contributed by atoms with Crippen molar-refractivity contribution in [2.24, 2.45) is 5.92 Å². The Morgan fingerprint density at radius 1 is 1.15 bits per heavy atom. The smallest absolute Gasteiger partial charge is 0.155 e. The van der Waals surface area contributed by atoms with Crippen LogP contribution in [0.5, 0.6) is 0 Å². The maximum Gasteiger partial charge on any atom is 0.155 e. The van der Waals surface area contributed by atoms with Crippen molar-refractivity contribution in [3.63, 3.8) is 0 Å². The molecule has 0 aromatic heterocycles. The lowest BCUT2D eigenvalue weighted by atomic mass is 10.0. The summed E-state index contributed by atoms with van der Waals surface area (Å²) in [5.74, 6) is 0.296. The van der Waals surface area contributed by atoms with Gasteiger partial charge in [-0.05, 0) is 37.4 Å². The molecular formula is C16H27NO2S. The van der Waals surface area contributed by atoms with Gasteiger partial charge in [-0.1, -0.05) is 45.0 Å². The highest BCUT2D eigenvalue weighted by Gasteiger charge is 2.28. The molecule has 4 heteroatoms. The number of hydrogen-bond acceptors (Lipinski definition) is 3. The molecule has 0 saturated heterocycles. The molecule has 1 N–H and O–H groups in total. The number of benzene rings is 1. The Bertz CT molecular complexity index is 523. The van der Waals surface area contributed by atoms with Crippen molar-refractivity contribution < 1.29 is 8.42 Å². The highest BCUT2D eigenvalue weighted by atomic mass is 32.2. The van der Waals surface area contributed by atoms with E-state index in [2.05, 4.69) is 5.32 Å². The number of nitrogens with one attached hydrogen (secondary N) is 1. The van der Waals surface area contributed by atoms with E-state index in [1.807, 2.05) is 52.0 Å². The third-order valence-corrected chi connectivity index (χ3v) is 6.39. The molecule has 1 aromatic carbocycles. The fourth-order valence-corrected chi connectivity index (χ4v) is 4.18. The zero-order valence-electron chi connectivity index (χ0n) is 13.2. The molecule has 2 atom stereocenters. The molecule has 1 aromatic rings. The summed E-state index contributed by atoms with van der Waals surface area (Å²) in [6.07, 6.45) is 0. The van der Waals surface area contributed by atoms with Crippen molar-refractivity contribution in [2.75, 3.05) is 12.3 Å². The van der Waals surface area contributed by atoms with Gasteiger partial charge < -0.3 is 5.32 Å². The first-order valence-corrected chi connectivity index (χ1v) is 9.01. The predicted molar refractivity (Wildman–Crippen MR) is 85.7 cm³/mol. The normalized spacial score (nSPS) is 15.3. The average Bonchev–Trinajstić information content (AvgIpc) is 2.37. The Labute approximate surface area is 123 Å². The Balaban J connectivity index is 3.02. The van der Waals surface area contributed by atoms with Gasteiger partial charge in [-0.25, -0.2) is 8.42 Å². The zero-order valence-corrected chi connectivity index (χ0v) is 14.0. The molecule has 0 spiro atoms. The van der Waals surface area contributed by atoms with Crippen molar-refractivity contribution in [3.8, 4) is 0 Å². The maximum atomic E-state index is 12.5. The summed E-state index contributed by atoms with van der Waals surface area (Å²) in [6.45, 7) is 10.5. The van der Waals surface area contributed by atoms with Crippen LogP contribution in [0.4, 0.5) is 0 Å². The molecule has 2 unspecified atom stereocenters. The standard InChI is InChI=1S/C16H27NO2S/c1-6-17-16(15-10-8-7-9-13(15)4)11-20(18,19)14(5)12(2)3/h7-10,12,14,16-17H,6,11H2,1-5H3. The molecule has 0 amide bonds. The van der Waals surface area contributed by atoms with Gasteiger partial charge in [0.05, 0.1) is 11.0 Å². The summed E-state index contributed by atoms with van der Waals surface area (Å²) in [4.78, 5) is 0. The molecular weight excluding hydrogens is 270 g/mol. The highest BCUT2D eigenvalue weighted by Crippen LogP contribution is 2.22. The second kappa shape index (κ2) is 7.23. The molecule has 1 rings (SSSR count). The van der Waals surface area contributed by atoms with Crippen LogP contribution < -0.4 is 5.32 Å². The third-order valence-electron chi connectivity index (χ3n) is 3.92. The van der Waals surface area contributed by atoms with Crippen LogP contribution in [-0.2, 0) is 9.84 Å². The lowest BCUT2D eigenvalue weighted by molar-refractivity contribution is 0.525. The summed E-state index contributed by atoms with van der Waals surface area (Å²) in [7, 11) is -3.11. The second-order valence-electron chi connectivity index (χ2n) is 5.75. The van der Waals surface area contributed by atoms with Crippen molar-refractivity contribution >= 4 is 9.84 Å². The van der Waals surface area contributed by atoms with Crippen LogP contribution in [0.25, 0.3) is 0 Å². The number of rotatable bonds is 7. The summed E-state index contributed by atoms with van der Waals surface area (Å²) in [5.41, 5.74) is 2.21. The molecule has 0 heterocycles. The number of sulfone groups is 1. The first-order valence-electron chi connectivity index (χ1n) is 7.30. The molecule has 0 aliphatic rings. The first kappa shape index (κ1) is 17.2. The van der Waals surface area contributed by atoms with Gasteiger partial charge in [-0.3, -0.25) is 0 Å². The van der Waals surface area contributed by atoms with Gasteiger partial charge in [0.15, 0.2) is 9.84 Å². The molecule has 3 nitrogen and oxygen atoms in total. The predicted octanol–water partition coefficient (Wildman–Crippen LogP) is 3.10. The largest absolute Gasteiger partial charge is 0.309 e. The van der Waals surface area contributed by atoms with Gasteiger partial charge in [0.2, 0.25) is 0 Å².